The van der Waals surface area contributed by atoms with Crippen LogP contribution in [0.4, 0.5) is 0 Å². The van der Waals surface area contributed by atoms with Crippen molar-refractivity contribution in [3.63, 3.8) is 0 Å². The minimum atomic E-state index is -0.122. The maximum absolute atomic E-state index is 12.2. The van der Waals surface area contributed by atoms with Crippen LogP contribution in [-0.4, -0.2) is 63.5 Å². The lowest BCUT2D eigenvalue weighted by atomic mass is 9.89. The Bertz CT molecular complexity index is 2060. The second-order valence-corrected chi connectivity index (χ2v) is 13.7. The minimum absolute atomic E-state index is 0.121. The zero-order valence-corrected chi connectivity index (χ0v) is 30.6. The van der Waals surface area contributed by atoms with Gasteiger partial charge in [0.05, 0.1) is 0 Å². The molecule has 52 heavy (non-hydrogen) atoms. The third-order valence-corrected chi connectivity index (χ3v) is 9.40. The van der Waals surface area contributed by atoms with Gasteiger partial charge in [0.25, 0.3) is 0 Å². The van der Waals surface area contributed by atoms with Crippen molar-refractivity contribution in [2.45, 2.75) is 52.9 Å². The lowest BCUT2D eigenvalue weighted by Gasteiger charge is -2.28. The first kappa shape index (κ1) is 38.3. The Balaban J connectivity index is 1.51. The smallest absolute Gasteiger partial charge is 0.246 e. The Labute approximate surface area is 311 Å². The Kier molecular flexibility index (Phi) is 13.7. The fourth-order valence-electron chi connectivity index (χ4n) is 6.65. The first-order valence-electron chi connectivity index (χ1n) is 18.0. The molecule has 5 aromatic carbocycles. The van der Waals surface area contributed by atoms with Crippen LogP contribution in [0.5, 0.6) is 0 Å². The van der Waals surface area contributed by atoms with Crippen molar-refractivity contribution in [2.75, 3.05) is 26.2 Å². The molecule has 2 N–H and O–H groups in total. The molecule has 0 bridgehead atoms. The number of hydrogen-bond acceptors (Lipinski definition) is 4. The number of nitrogens with one attached hydrogen (secondary N) is 2. The predicted molar refractivity (Wildman–Crippen MR) is 218 cm³/mol. The van der Waals surface area contributed by atoms with E-state index >= 15 is 0 Å². The molecule has 0 aliphatic rings. The number of hydrogen-bond donors (Lipinski definition) is 2. The fraction of sp³-hybridized carbons (Fsp3) is 0.273. The monoisotopic (exact) mass is 686 g/mol. The van der Waals surface area contributed by atoms with Crippen molar-refractivity contribution >= 4 is 60.0 Å². The van der Waals surface area contributed by atoms with E-state index in [1.54, 1.807) is 13.8 Å². The van der Waals surface area contributed by atoms with Crippen LogP contribution in [-0.2, 0) is 35.8 Å². The van der Waals surface area contributed by atoms with E-state index in [0.29, 0.717) is 50.4 Å². The molecule has 0 atom stereocenters. The third-order valence-electron chi connectivity index (χ3n) is 9.40. The van der Waals surface area contributed by atoms with Gasteiger partial charge in [-0.25, -0.2) is 0 Å². The molecule has 262 valence electrons. The summed E-state index contributed by atoms with van der Waals surface area (Å²) in [6.45, 7) is 16.3. The predicted octanol–water partition coefficient (Wildman–Crippen LogP) is 5.75. The van der Waals surface area contributed by atoms with E-state index in [9.17, 15) is 9.59 Å². The van der Waals surface area contributed by atoms with Crippen molar-refractivity contribution in [3.05, 3.63) is 144 Å². The second kappa shape index (κ2) is 18.5. The van der Waals surface area contributed by atoms with Gasteiger partial charge in [-0.05, 0) is 76.6 Å². The normalized spacial score (nSPS) is 11.3. The number of benzene rings is 5. The molecule has 0 saturated heterocycles. The summed E-state index contributed by atoms with van der Waals surface area (Å²) in [5.74, 6) is -0.243. The van der Waals surface area contributed by atoms with Gasteiger partial charge in [-0.1, -0.05) is 115 Å². The van der Waals surface area contributed by atoms with Crippen LogP contribution in [0.15, 0.2) is 121 Å². The van der Waals surface area contributed by atoms with Crippen LogP contribution >= 0.6 is 0 Å². The molecule has 2 amide bonds. The van der Waals surface area contributed by atoms with Gasteiger partial charge in [0, 0.05) is 63.5 Å². The topological polar surface area (TPSA) is 64.7 Å². The van der Waals surface area contributed by atoms with E-state index in [0.717, 1.165) is 48.0 Å². The summed E-state index contributed by atoms with van der Waals surface area (Å²) in [5.41, 5.74) is 7.18. The maximum atomic E-state index is 12.2. The Morgan fingerprint density at radius 2 is 1.06 bits per heavy atom. The van der Waals surface area contributed by atoms with Crippen LogP contribution in [0, 0.1) is 0 Å². The second-order valence-electron chi connectivity index (χ2n) is 13.7. The summed E-state index contributed by atoms with van der Waals surface area (Å²) in [6, 6.07) is 33.5. The van der Waals surface area contributed by atoms with Crippen LogP contribution in [0.25, 0.3) is 21.5 Å². The molecular formula is C44H48B2N4O2. The van der Waals surface area contributed by atoms with Gasteiger partial charge in [-0.2, -0.15) is 0 Å². The van der Waals surface area contributed by atoms with Gasteiger partial charge in [-0.15, -0.1) is 0 Å². The SMILES string of the molecule is [B]c1ccccc1CN(CCCNC(=O)C(=C)C)Cc1cccc2cc3ccccc3c(CN(CCCNC(=O)C(=C)C)Cc3ccccc3[B])c12. The van der Waals surface area contributed by atoms with Gasteiger partial charge >= 0.3 is 0 Å². The van der Waals surface area contributed by atoms with Gasteiger partial charge in [-0.3, -0.25) is 19.4 Å². The van der Waals surface area contributed by atoms with Gasteiger partial charge in [0.1, 0.15) is 15.7 Å². The molecule has 0 saturated carbocycles. The highest BCUT2D eigenvalue weighted by Gasteiger charge is 2.18. The van der Waals surface area contributed by atoms with Crippen LogP contribution < -0.4 is 21.6 Å². The van der Waals surface area contributed by atoms with Crippen molar-refractivity contribution in [1.29, 1.82) is 0 Å². The summed E-state index contributed by atoms with van der Waals surface area (Å²) in [6.07, 6.45) is 1.55. The average Bonchev–Trinajstić information content (AvgIpc) is 3.13. The summed E-state index contributed by atoms with van der Waals surface area (Å²) in [7, 11) is 12.9. The zero-order chi connectivity index (χ0) is 37.0. The number of fused-ring (bicyclic) bond motifs is 2. The molecule has 0 heterocycles. The van der Waals surface area contributed by atoms with Gasteiger partial charge in [0.15, 0.2) is 0 Å². The van der Waals surface area contributed by atoms with Crippen molar-refractivity contribution < 1.29 is 9.59 Å². The molecule has 5 rings (SSSR count). The molecular weight excluding hydrogens is 638 g/mol. The van der Waals surface area contributed by atoms with Crippen LogP contribution in [0.3, 0.4) is 0 Å². The van der Waals surface area contributed by atoms with E-state index in [4.69, 9.17) is 15.7 Å². The molecule has 8 heteroatoms. The Morgan fingerprint density at radius 3 is 1.62 bits per heavy atom. The highest BCUT2D eigenvalue weighted by molar-refractivity contribution is 6.33. The van der Waals surface area contributed by atoms with Gasteiger partial charge in [0.2, 0.25) is 11.8 Å². The molecule has 4 radical (unpaired) electrons. The van der Waals surface area contributed by atoms with E-state index in [-0.39, 0.29) is 11.8 Å². The lowest BCUT2D eigenvalue weighted by Crippen LogP contribution is -2.31. The number of amides is 2. The van der Waals surface area contributed by atoms with Crippen LogP contribution in [0.1, 0.15) is 48.9 Å². The molecule has 6 nitrogen and oxygen atoms in total. The summed E-state index contributed by atoms with van der Waals surface area (Å²) < 4.78 is 0. The van der Waals surface area contributed by atoms with E-state index < -0.39 is 0 Å². The zero-order valence-electron chi connectivity index (χ0n) is 30.6. The van der Waals surface area contributed by atoms with Crippen LogP contribution in [0.2, 0.25) is 0 Å². The maximum Gasteiger partial charge on any atom is 0.246 e. The summed E-state index contributed by atoms with van der Waals surface area (Å²) in [4.78, 5) is 29.3. The number of carbonyl (C=O) groups excluding carboxylic acids is 2. The van der Waals surface area contributed by atoms with E-state index in [1.165, 1.54) is 32.7 Å². The Hall–Kier alpha value is -4.91. The van der Waals surface area contributed by atoms with Crippen molar-refractivity contribution in [1.82, 2.24) is 20.4 Å². The molecule has 0 fully saturated rings. The van der Waals surface area contributed by atoms with E-state index in [2.05, 4.69) is 94.3 Å². The molecule has 0 aromatic heterocycles. The highest BCUT2D eigenvalue weighted by atomic mass is 16.2. The molecule has 0 unspecified atom stereocenters. The van der Waals surface area contributed by atoms with E-state index in [1.807, 2.05) is 36.4 Å². The van der Waals surface area contributed by atoms with Crippen molar-refractivity contribution in [3.8, 4) is 0 Å². The first-order valence-corrected chi connectivity index (χ1v) is 18.0. The number of nitrogens with zero attached hydrogens (tertiary/aromatic N) is 2. The summed E-state index contributed by atoms with van der Waals surface area (Å²) >= 11 is 0. The molecule has 5 aromatic rings. The Morgan fingerprint density at radius 1 is 0.596 bits per heavy atom. The molecule has 0 aliphatic heterocycles. The standard InChI is InChI=1S/C44H48B2N4O2/c1-31(2)43(51)47-22-12-24-49(27-35-15-6-9-20-40(35)45)29-37-18-11-17-34-26-33-14-5-8-19-38(33)39(42(34)37)30-50(25-13-23-48-44(52)32(3)4)28-36-16-7-10-21-41(36)46/h5-11,14-21,26H,1,3,12-13,22-25,27-30H2,2,4H3,(H,47,51)(H,48,52). The largest absolute Gasteiger partial charge is 0.352 e. The molecule has 0 spiro atoms. The average molecular weight is 687 g/mol. The highest BCUT2D eigenvalue weighted by Crippen LogP contribution is 2.33. The summed E-state index contributed by atoms with van der Waals surface area (Å²) in [5, 5.41) is 10.8. The molecule has 0 aliphatic carbocycles. The number of carbonyl (C=O) groups is 2. The third kappa shape index (κ3) is 10.3. The van der Waals surface area contributed by atoms with Gasteiger partial charge < -0.3 is 10.6 Å². The fourth-order valence-corrected chi connectivity index (χ4v) is 6.65. The lowest BCUT2D eigenvalue weighted by molar-refractivity contribution is -0.118. The van der Waals surface area contributed by atoms with Crippen molar-refractivity contribution in [2.24, 2.45) is 0 Å². The minimum Gasteiger partial charge on any atom is -0.352 e. The quantitative estimate of drug-likeness (QED) is 0.0534. The first-order chi connectivity index (χ1) is 25.1. The number of rotatable bonds is 18.